The van der Waals surface area contributed by atoms with Crippen LogP contribution in [0.5, 0.6) is 0 Å². The Bertz CT molecular complexity index is 1160. The van der Waals surface area contributed by atoms with Gasteiger partial charge in [-0.05, 0) is 37.1 Å². The van der Waals surface area contributed by atoms with Crippen LogP contribution >= 0.6 is 11.6 Å². The summed E-state index contributed by atoms with van der Waals surface area (Å²) in [6, 6.07) is 15.9. The van der Waals surface area contributed by atoms with Gasteiger partial charge in [-0.15, -0.1) is 0 Å². The van der Waals surface area contributed by atoms with Crippen LogP contribution in [0.25, 0.3) is 10.9 Å². The topological polar surface area (TPSA) is 75.6 Å². The lowest BCUT2D eigenvalue weighted by Gasteiger charge is -2.19. The summed E-state index contributed by atoms with van der Waals surface area (Å²) in [5.41, 5.74) is 3.13. The highest BCUT2D eigenvalue weighted by Gasteiger charge is 2.21. The first-order valence-corrected chi connectivity index (χ1v) is 9.86. The molecule has 2 aromatic heterocycles. The van der Waals surface area contributed by atoms with E-state index in [-0.39, 0.29) is 18.4 Å². The lowest BCUT2D eigenvalue weighted by Crippen LogP contribution is -2.32. The zero-order valence-corrected chi connectivity index (χ0v) is 17.1. The Kier molecular flexibility index (Phi) is 5.36. The highest BCUT2D eigenvalue weighted by atomic mass is 35.5. The number of hydrogen-bond donors (Lipinski definition) is 2. The molecule has 0 fully saturated rings. The molecule has 0 spiro atoms. The molecule has 0 aliphatic carbocycles. The number of hydrogen-bond acceptors (Lipinski definition) is 3. The van der Waals surface area contributed by atoms with Crippen LogP contribution in [0, 0.1) is 13.8 Å². The van der Waals surface area contributed by atoms with E-state index in [0.717, 1.165) is 27.9 Å². The minimum Gasteiger partial charge on any atom is -0.361 e. The molecule has 148 valence electrons. The Morgan fingerprint density at radius 2 is 1.90 bits per heavy atom. The van der Waals surface area contributed by atoms with E-state index in [4.69, 9.17) is 11.6 Å². The maximum atomic E-state index is 12.6. The molecule has 0 radical (unpaired) electrons. The van der Waals surface area contributed by atoms with Crippen LogP contribution in [0.1, 0.15) is 28.7 Å². The maximum Gasteiger partial charge on any atom is 0.241 e. The van der Waals surface area contributed by atoms with E-state index in [2.05, 4.69) is 26.4 Å². The van der Waals surface area contributed by atoms with Crippen LogP contribution < -0.4 is 5.32 Å². The predicted molar refractivity (Wildman–Crippen MR) is 114 cm³/mol. The number of amides is 1. The van der Waals surface area contributed by atoms with Crippen molar-refractivity contribution in [1.82, 2.24) is 25.1 Å². The number of benzene rings is 2. The van der Waals surface area contributed by atoms with Crippen LogP contribution in [0.2, 0.25) is 5.02 Å². The Hall–Kier alpha value is -3.12. The van der Waals surface area contributed by atoms with Gasteiger partial charge in [-0.1, -0.05) is 48.0 Å². The van der Waals surface area contributed by atoms with E-state index >= 15 is 0 Å². The van der Waals surface area contributed by atoms with Gasteiger partial charge in [-0.2, -0.15) is 5.10 Å². The van der Waals surface area contributed by atoms with Gasteiger partial charge in [0.05, 0.1) is 0 Å². The first-order chi connectivity index (χ1) is 14.0. The van der Waals surface area contributed by atoms with Crippen molar-refractivity contribution in [3.63, 3.8) is 0 Å². The molecule has 7 heteroatoms. The molecule has 2 N–H and O–H groups in total. The van der Waals surface area contributed by atoms with Crippen molar-refractivity contribution in [2.24, 2.45) is 0 Å². The zero-order chi connectivity index (χ0) is 20.4. The van der Waals surface area contributed by atoms with Gasteiger partial charge in [-0.25, -0.2) is 9.67 Å². The molecule has 29 heavy (non-hydrogen) atoms. The number of para-hydroxylation sites is 1. The van der Waals surface area contributed by atoms with Crippen molar-refractivity contribution < 1.29 is 4.79 Å². The van der Waals surface area contributed by atoms with Crippen molar-refractivity contribution in [3.05, 3.63) is 82.5 Å². The summed E-state index contributed by atoms with van der Waals surface area (Å²) in [5.74, 6) is 1.18. The van der Waals surface area contributed by atoms with Gasteiger partial charge in [0.25, 0.3) is 0 Å². The van der Waals surface area contributed by atoms with Gasteiger partial charge in [-0.3, -0.25) is 4.79 Å². The molecule has 0 unspecified atom stereocenters. The van der Waals surface area contributed by atoms with Gasteiger partial charge in [0.2, 0.25) is 5.91 Å². The summed E-state index contributed by atoms with van der Waals surface area (Å²) < 4.78 is 1.61. The van der Waals surface area contributed by atoms with Crippen molar-refractivity contribution >= 4 is 28.4 Å². The third-order valence-corrected chi connectivity index (χ3v) is 5.38. The molecule has 0 aliphatic rings. The standard InChI is InChI=1S/C22H22ClN5O/c1-14-26-15(2)28(27-14)13-22(29)25-12-18(16-7-3-5-9-20(16)23)19-11-24-21-10-6-4-8-17(19)21/h3-11,18,24H,12-13H2,1-2H3,(H,25,29)/t18-/m1/s1. The number of nitrogens with one attached hydrogen (secondary N) is 2. The van der Waals surface area contributed by atoms with E-state index < -0.39 is 0 Å². The second-order valence-corrected chi connectivity index (χ2v) is 7.44. The van der Waals surface area contributed by atoms with Gasteiger partial charge < -0.3 is 10.3 Å². The second kappa shape index (κ2) is 8.09. The third kappa shape index (κ3) is 4.03. The Balaban J connectivity index is 1.60. The average molecular weight is 408 g/mol. The molecular formula is C22H22ClN5O. The molecule has 0 bridgehead atoms. The zero-order valence-electron chi connectivity index (χ0n) is 16.3. The van der Waals surface area contributed by atoms with Gasteiger partial charge in [0.15, 0.2) is 0 Å². The number of nitrogens with zero attached hydrogens (tertiary/aromatic N) is 3. The highest BCUT2D eigenvalue weighted by molar-refractivity contribution is 6.31. The van der Waals surface area contributed by atoms with E-state index in [1.54, 1.807) is 4.68 Å². The Morgan fingerprint density at radius 1 is 1.14 bits per heavy atom. The average Bonchev–Trinajstić information content (AvgIpc) is 3.26. The molecule has 0 saturated heterocycles. The second-order valence-electron chi connectivity index (χ2n) is 7.03. The summed E-state index contributed by atoms with van der Waals surface area (Å²) in [6.07, 6.45) is 2.00. The maximum absolute atomic E-state index is 12.6. The predicted octanol–water partition coefficient (Wildman–Crippen LogP) is 3.98. The van der Waals surface area contributed by atoms with Gasteiger partial charge in [0.1, 0.15) is 18.2 Å². The number of aryl methyl sites for hydroxylation is 2. The number of aromatic amines is 1. The van der Waals surface area contributed by atoms with Crippen LogP contribution in [-0.4, -0.2) is 32.2 Å². The van der Waals surface area contributed by atoms with Crippen LogP contribution in [0.15, 0.2) is 54.7 Å². The fourth-order valence-electron chi connectivity index (χ4n) is 3.65. The number of rotatable bonds is 6. The minimum absolute atomic E-state index is 0.0811. The van der Waals surface area contributed by atoms with Crippen molar-refractivity contribution in [2.45, 2.75) is 26.3 Å². The first kappa shape index (κ1) is 19.2. The number of fused-ring (bicyclic) bond motifs is 1. The summed E-state index contributed by atoms with van der Waals surface area (Å²) in [7, 11) is 0. The molecule has 6 nitrogen and oxygen atoms in total. The number of aromatic nitrogens is 4. The Labute approximate surface area is 173 Å². The van der Waals surface area contributed by atoms with Gasteiger partial charge >= 0.3 is 0 Å². The lowest BCUT2D eigenvalue weighted by molar-refractivity contribution is -0.121. The monoisotopic (exact) mass is 407 g/mol. The first-order valence-electron chi connectivity index (χ1n) is 9.48. The van der Waals surface area contributed by atoms with E-state index in [1.165, 1.54) is 0 Å². The fraction of sp³-hybridized carbons (Fsp3) is 0.227. The summed E-state index contributed by atoms with van der Waals surface area (Å²) >= 11 is 6.51. The molecule has 4 aromatic rings. The number of H-pyrrole nitrogens is 1. The summed E-state index contributed by atoms with van der Waals surface area (Å²) in [4.78, 5) is 20.1. The fourth-order valence-corrected chi connectivity index (χ4v) is 3.91. The molecular weight excluding hydrogens is 386 g/mol. The number of carbonyl (C=O) groups excluding carboxylic acids is 1. The highest BCUT2D eigenvalue weighted by Crippen LogP contribution is 2.34. The van der Waals surface area contributed by atoms with E-state index in [1.807, 2.05) is 62.5 Å². The van der Waals surface area contributed by atoms with Crippen molar-refractivity contribution in [1.29, 1.82) is 0 Å². The normalized spacial score (nSPS) is 12.2. The molecule has 4 rings (SSSR count). The quantitative estimate of drug-likeness (QED) is 0.507. The molecule has 2 heterocycles. The number of carbonyl (C=O) groups is 1. The van der Waals surface area contributed by atoms with Crippen LogP contribution in [-0.2, 0) is 11.3 Å². The van der Waals surface area contributed by atoms with Gasteiger partial charge in [0, 0.05) is 34.6 Å². The smallest absolute Gasteiger partial charge is 0.241 e. The SMILES string of the molecule is Cc1nc(C)n(CC(=O)NC[C@H](c2ccccc2Cl)c2c[nH]c3ccccc23)n1. The van der Waals surface area contributed by atoms with E-state index in [0.29, 0.717) is 17.4 Å². The van der Waals surface area contributed by atoms with Crippen LogP contribution in [0.3, 0.4) is 0 Å². The van der Waals surface area contributed by atoms with Crippen LogP contribution in [0.4, 0.5) is 0 Å². The molecule has 1 atom stereocenters. The summed E-state index contributed by atoms with van der Waals surface area (Å²) in [5, 5.41) is 9.11. The largest absolute Gasteiger partial charge is 0.361 e. The molecule has 2 aromatic carbocycles. The van der Waals surface area contributed by atoms with E-state index in [9.17, 15) is 4.79 Å². The molecule has 1 amide bonds. The number of halogens is 1. The molecule has 0 saturated carbocycles. The summed E-state index contributed by atoms with van der Waals surface area (Å²) in [6.45, 7) is 4.21. The minimum atomic E-state index is -0.116. The lowest BCUT2D eigenvalue weighted by atomic mass is 9.90. The molecule has 0 aliphatic heterocycles. The Morgan fingerprint density at radius 3 is 2.66 bits per heavy atom. The van der Waals surface area contributed by atoms with Crippen molar-refractivity contribution in [3.8, 4) is 0 Å². The van der Waals surface area contributed by atoms with Crippen molar-refractivity contribution in [2.75, 3.05) is 6.54 Å². The third-order valence-electron chi connectivity index (χ3n) is 5.04.